The van der Waals surface area contributed by atoms with Crippen LogP contribution in [0.25, 0.3) is 0 Å². The first-order chi connectivity index (χ1) is 8.25. The van der Waals surface area contributed by atoms with Crippen LogP contribution in [0.3, 0.4) is 0 Å². The molecule has 1 aliphatic rings. The fourth-order valence-corrected chi connectivity index (χ4v) is 1.52. The lowest BCUT2D eigenvalue weighted by Gasteiger charge is -2.06. The molecule has 0 saturated heterocycles. The molecule has 0 atom stereocenters. The zero-order chi connectivity index (χ0) is 12.1. The summed E-state index contributed by atoms with van der Waals surface area (Å²) in [6.45, 7) is 1.61. The number of rotatable bonds is 7. The molecule has 0 heterocycles. The maximum atomic E-state index is 10.4. The highest BCUT2D eigenvalue weighted by Gasteiger charge is 2.19. The Morgan fingerprint density at radius 1 is 1.35 bits per heavy atom. The van der Waals surface area contributed by atoms with Gasteiger partial charge in [-0.1, -0.05) is 0 Å². The van der Waals surface area contributed by atoms with Crippen LogP contribution in [0, 0.1) is 10.1 Å². The van der Waals surface area contributed by atoms with Crippen LogP contribution in [0.5, 0.6) is 5.75 Å². The Hall–Kier alpha value is -1.62. The van der Waals surface area contributed by atoms with Gasteiger partial charge in [0.25, 0.3) is 5.69 Å². The number of nitrogens with zero attached hydrogens (tertiary/aromatic N) is 1. The van der Waals surface area contributed by atoms with E-state index in [0.29, 0.717) is 12.4 Å². The summed E-state index contributed by atoms with van der Waals surface area (Å²) in [7, 11) is 0. The zero-order valence-electron chi connectivity index (χ0n) is 9.59. The van der Waals surface area contributed by atoms with Gasteiger partial charge in [-0.2, -0.15) is 0 Å². The molecular formula is C12H16N2O3. The molecule has 0 bridgehead atoms. The normalized spacial score (nSPS) is 14.6. The molecule has 0 amide bonds. The van der Waals surface area contributed by atoms with Crippen molar-refractivity contribution in [3.05, 3.63) is 34.4 Å². The highest BCUT2D eigenvalue weighted by Crippen LogP contribution is 2.19. The van der Waals surface area contributed by atoms with Gasteiger partial charge in [0.2, 0.25) is 0 Å². The number of nitrogens with one attached hydrogen (secondary N) is 1. The van der Waals surface area contributed by atoms with Gasteiger partial charge in [-0.05, 0) is 37.9 Å². The first kappa shape index (κ1) is 11.9. The summed E-state index contributed by atoms with van der Waals surface area (Å²) in [6, 6.07) is 6.91. The van der Waals surface area contributed by atoms with E-state index >= 15 is 0 Å². The molecule has 1 aromatic rings. The van der Waals surface area contributed by atoms with Crippen molar-refractivity contribution in [2.45, 2.75) is 25.3 Å². The van der Waals surface area contributed by atoms with E-state index < -0.39 is 4.92 Å². The van der Waals surface area contributed by atoms with Gasteiger partial charge in [0.1, 0.15) is 5.75 Å². The van der Waals surface area contributed by atoms with Crippen LogP contribution in [0.1, 0.15) is 19.3 Å². The van der Waals surface area contributed by atoms with E-state index in [9.17, 15) is 10.1 Å². The van der Waals surface area contributed by atoms with E-state index in [-0.39, 0.29) is 5.69 Å². The maximum Gasteiger partial charge on any atom is 0.269 e. The molecule has 1 fully saturated rings. The van der Waals surface area contributed by atoms with Crippen LogP contribution < -0.4 is 10.1 Å². The van der Waals surface area contributed by atoms with Gasteiger partial charge in [0.05, 0.1) is 11.5 Å². The van der Waals surface area contributed by atoms with Crippen LogP contribution in [-0.2, 0) is 0 Å². The largest absolute Gasteiger partial charge is 0.494 e. The molecule has 92 valence electrons. The van der Waals surface area contributed by atoms with Crippen LogP contribution in [0.15, 0.2) is 24.3 Å². The standard InChI is InChI=1S/C12H16N2O3/c15-14(16)11-4-6-12(7-5-11)17-9-1-8-13-10-2-3-10/h4-7,10,13H,1-3,8-9H2. The molecule has 17 heavy (non-hydrogen) atoms. The van der Waals surface area contributed by atoms with Crippen LogP contribution >= 0.6 is 0 Å². The molecule has 0 radical (unpaired) electrons. The minimum absolute atomic E-state index is 0.0905. The van der Waals surface area contributed by atoms with Gasteiger partial charge in [0.15, 0.2) is 0 Å². The average Bonchev–Trinajstić information content (AvgIpc) is 3.13. The third-order valence-electron chi connectivity index (χ3n) is 2.65. The minimum atomic E-state index is -0.413. The predicted octanol–water partition coefficient (Wildman–Crippen LogP) is 2.12. The summed E-state index contributed by atoms with van der Waals surface area (Å²) in [5.41, 5.74) is 0.0905. The summed E-state index contributed by atoms with van der Waals surface area (Å²) in [5.74, 6) is 0.682. The van der Waals surface area contributed by atoms with Crippen molar-refractivity contribution in [3.63, 3.8) is 0 Å². The smallest absolute Gasteiger partial charge is 0.269 e. The number of nitro benzene ring substituents is 1. The fourth-order valence-electron chi connectivity index (χ4n) is 1.52. The first-order valence-electron chi connectivity index (χ1n) is 5.86. The van der Waals surface area contributed by atoms with Gasteiger partial charge >= 0.3 is 0 Å². The Morgan fingerprint density at radius 2 is 2.06 bits per heavy atom. The fraction of sp³-hybridized carbons (Fsp3) is 0.500. The van der Waals surface area contributed by atoms with Crippen molar-refractivity contribution >= 4 is 5.69 Å². The summed E-state index contributed by atoms with van der Waals surface area (Å²) >= 11 is 0. The molecule has 1 N–H and O–H groups in total. The number of nitro groups is 1. The van der Waals surface area contributed by atoms with Crippen molar-refractivity contribution in [3.8, 4) is 5.75 Å². The lowest BCUT2D eigenvalue weighted by molar-refractivity contribution is -0.384. The lowest BCUT2D eigenvalue weighted by atomic mass is 10.3. The molecule has 2 rings (SSSR count). The third kappa shape index (κ3) is 4.03. The highest BCUT2D eigenvalue weighted by atomic mass is 16.6. The second-order valence-electron chi connectivity index (χ2n) is 4.18. The molecule has 5 nitrogen and oxygen atoms in total. The summed E-state index contributed by atoms with van der Waals surface area (Å²) in [5, 5.41) is 13.8. The highest BCUT2D eigenvalue weighted by molar-refractivity contribution is 5.35. The quantitative estimate of drug-likeness (QED) is 0.447. The summed E-state index contributed by atoms with van der Waals surface area (Å²) in [6.07, 6.45) is 3.54. The van der Waals surface area contributed by atoms with Gasteiger partial charge in [-0.15, -0.1) is 0 Å². The van der Waals surface area contributed by atoms with Gasteiger partial charge in [0, 0.05) is 18.2 Å². The Morgan fingerprint density at radius 3 is 2.65 bits per heavy atom. The van der Waals surface area contributed by atoms with Crippen molar-refractivity contribution < 1.29 is 9.66 Å². The molecular weight excluding hydrogens is 220 g/mol. The molecule has 1 aliphatic carbocycles. The predicted molar refractivity (Wildman–Crippen MR) is 64.2 cm³/mol. The maximum absolute atomic E-state index is 10.4. The third-order valence-corrected chi connectivity index (χ3v) is 2.65. The van der Waals surface area contributed by atoms with Crippen molar-refractivity contribution in [1.82, 2.24) is 5.32 Å². The number of benzene rings is 1. The SMILES string of the molecule is O=[N+]([O-])c1ccc(OCCCNC2CC2)cc1. The van der Waals surface area contributed by atoms with E-state index in [1.807, 2.05) is 0 Å². The molecule has 0 aliphatic heterocycles. The van der Waals surface area contributed by atoms with Gasteiger partial charge in [-0.3, -0.25) is 10.1 Å². The Bertz CT molecular complexity index is 374. The molecule has 1 saturated carbocycles. The van der Waals surface area contributed by atoms with E-state index in [1.54, 1.807) is 12.1 Å². The Labute approximate surface area is 99.9 Å². The zero-order valence-corrected chi connectivity index (χ0v) is 9.59. The second-order valence-corrected chi connectivity index (χ2v) is 4.18. The van der Waals surface area contributed by atoms with Crippen molar-refractivity contribution in [1.29, 1.82) is 0 Å². The summed E-state index contributed by atoms with van der Waals surface area (Å²) < 4.78 is 5.48. The Kier molecular flexibility index (Phi) is 3.93. The van der Waals surface area contributed by atoms with Crippen LogP contribution in [-0.4, -0.2) is 24.1 Å². The molecule has 1 aromatic carbocycles. The van der Waals surface area contributed by atoms with Crippen molar-refractivity contribution in [2.24, 2.45) is 0 Å². The minimum Gasteiger partial charge on any atom is -0.494 e. The molecule has 0 aromatic heterocycles. The van der Waals surface area contributed by atoms with E-state index in [1.165, 1.54) is 25.0 Å². The number of hydrogen-bond acceptors (Lipinski definition) is 4. The lowest BCUT2D eigenvalue weighted by Crippen LogP contribution is -2.19. The molecule has 5 heteroatoms. The monoisotopic (exact) mass is 236 g/mol. The number of ether oxygens (including phenoxy) is 1. The average molecular weight is 236 g/mol. The molecule has 0 unspecified atom stereocenters. The summed E-state index contributed by atoms with van der Waals surface area (Å²) in [4.78, 5) is 10.0. The first-order valence-corrected chi connectivity index (χ1v) is 5.86. The van der Waals surface area contributed by atoms with Crippen molar-refractivity contribution in [2.75, 3.05) is 13.2 Å². The number of hydrogen-bond donors (Lipinski definition) is 1. The topological polar surface area (TPSA) is 64.4 Å². The van der Waals surface area contributed by atoms with Gasteiger partial charge in [-0.25, -0.2) is 0 Å². The van der Waals surface area contributed by atoms with E-state index in [0.717, 1.165) is 19.0 Å². The number of non-ortho nitro benzene ring substituents is 1. The van der Waals surface area contributed by atoms with E-state index in [2.05, 4.69) is 5.32 Å². The Balaban J connectivity index is 1.65. The molecule has 0 spiro atoms. The second kappa shape index (κ2) is 5.63. The van der Waals surface area contributed by atoms with Crippen LogP contribution in [0.4, 0.5) is 5.69 Å². The van der Waals surface area contributed by atoms with Gasteiger partial charge < -0.3 is 10.1 Å². The van der Waals surface area contributed by atoms with E-state index in [4.69, 9.17) is 4.74 Å². The van der Waals surface area contributed by atoms with Crippen LogP contribution in [0.2, 0.25) is 0 Å².